The first-order chi connectivity index (χ1) is 18.6. The number of aliphatic hydroxyl groups is 1. The molecule has 1 aliphatic rings. The van der Waals surface area contributed by atoms with Gasteiger partial charge in [0, 0.05) is 24.7 Å². The maximum absolute atomic E-state index is 13.2. The smallest absolute Gasteiger partial charge is 0.336 e. The van der Waals surface area contributed by atoms with Crippen molar-refractivity contribution in [2.75, 3.05) is 61.5 Å². The molecule has 1 amide bonds. The van der Waals surface area contributed by atoms with Gasteiger partial charge in [-0.3, -0.25) is 14.4 Å². The number of amides is 1. The van der Waals surface area contributed by atoms with Crippen molar-refractivity contribution in [1.29, 1.82) is 0 Å². The van der Waals surface area contributed by atoms with Crippen LogP contribution < -0.4 is 9.47 Å². The molecule has 4 N–H and O–H groups in total. The van der Waals surface area contributed by atoms with Crippen LogP contribution >= 0.6 is 0 Å². The molecule has 1 saturated heterocycles. The van der Waals surface area contributed by atoms with Crippen LogP contribution in [0.2, 0.25) is 0 Å². The highest BCUT2D eigenvalue weighted by Gasteiger charge is 2.40. The number of piperidine rings is 1. The molecule has 40 heavy (non-hydrogen) atoms. The minimum atomic E-state index is -2.74. The first-order valence-corrected chi connectivity index (χ1v) is 12.6. The summed E-state index contributed by atoms with van der Waals surface area (Å²) in [4.78, 5) is 58.7. The number of carbonyl (C=O) groups excluding carboxylic acids is 1. The number of likely N-dealkylation sites (N-methyl/N-ethyl adjacent to an activating group) is 1. The molecular weight excluding hydrogens is 530 g/mol. The van der Waals surface area contributed by atoms with Crippen molar-refractivity contribution in [1.82, 2.24) is 24.7 Å². The summed E-state index contributed by atoms with van der Waals surface area (Å²) in [6.07, 6.45) is -0.0438. The van der Waals surface area contributed by atoms with Crippen LogP contribution in [0.3, 0.4) is 0 Å². The Morgan fingerprint density at radius 1 is 0.975 bits per heavy atom. The number of aryl methyl sites for hydroxylation is 1. The Bertz CT molecular complexity index is 1010. The number of likely N-dealkylation sites (tertiary alicyclic amines) is 1. The molecule has 0 spiro atoms. The summed E-state index contributed by atoms with van der Waals surface area (Å²) in [6.45, 7) is 5.45. The van der Waals surface area contributed by atoms with Gasteiger partial charge in [-0.05, 0) is 54.0 Å². The first-order valence-electron chi connectivity index (χ1n) is 12.6. The third-order valence-corrected chi connectivity index (χ3v) is 6.38. The highest BCUT2D eigenvalue weighted by Crippen LogP contribution is 2.24. The van der Waals surface area contributed by atoms with E-state index in [1.54, 1.807) is 7.11 Å². The second kappa shape index (κ2) is 15.9. The van der Waals surface area contributed by atoms with Crippen LogP contribution in [0, 0.1) is 6.92 Å². The molecule has 0 radical (unpaired) electrons. The van der Waals surface area contributed by atoms with Gasteiger partial charge in [-0.15, -0.1) is 0 Å². The van der Waals surface area contributed by atoms with Crippen LogP contribution in [0.4, 0.5) is 0 Å². The third kappa shape index (κ3) is 10.9. The standard InChI is InChI=1S/C19H33N5O3.C6H8O7/c1-14-16(18(26-5)21-19(20-14)27-6)13-17(25)24(12-11-22(2)3)15-7-9-23(4)10-8-15;7-3(8)1-6(13,5(11)12)2-4(9)10/h15H,7-13H2,1-6H3;13H,1-2H2,(H,7,8)(H,9,10)(H,11,12). The van der Waals surface area contributed by atoms with Crippen molar-refractivity contribution in [2.45, 2.75) is 50.7 Å². The summed E-state index contributed by atoms with van der Waals surface area (Å²) in [5, 5.41) is 33.8. The Labute approximate surface area is 233 Å². The topological polar surface area (TPSA) is 203 Å². The number of hydrogen-bond acceptors (Lipinski definition) is 11. The SMILES string of the molecule is COc1nc(C)c(CC(=O)N(CCN(C)C)C2CCN(C)CC2)c(OC)n1.O=C(O)CC(O)(CC(=O)O)C(=O)O. The van der Waals surface area contributed by atoms with E-state index in [0.29, 0.717) is 11.6 Å². The van der Waals surface area contributed by atoms with Crippen molar-refractivity contribution in [3.05, 3.63) is 11.3 Å². The Hall–Kier alpha value is -3.56. The van der Waals surface area contributed by atoms with Crippen LogP contribution in [-0.2, 0) is 25.6 Å². The van der Waals surface area contributed by atoms with Crippen LogP contribution in [0.1, 0.15) is 36.9 Å². The Balaban J connectivity index is 0.000000520. The second-order valence-corrected chi connectivity index (χ2v) is 9.86. The fourth-order valence-electron chi connectivity index (χ4n) is 4.10. The first kappa shape index (κ1) is 34.5. The van der Waals surface area contributed by atoms with Crippen molar-refractivity contribution in [3.8, 4) is 11.9 Å². The molecule has 0 atom stereocenters. The lowest BCUT2D eigenvalue weighted by Crippen LogP contribution is -2.49. The quantitative estimate of drug-likeness (QED) is 0.238. The largest absolute Gasteiger partial charge is 0.481 e. The lowest BCUT2D eigenvalue weighted by molar-refractivity contribution is -0.170. The molecule has 1 aromatic heterocycles. The maximum atomic E-state index is 13.2. The molecule has 1 fully saturated rings. The molecule has 0 aliphatic carbocycles. The predicted molar refractivity (Wildman–Crippen MR) is 141 cm³/mol. The normalized spacial score (nSPS) is 14.2. The van der Waals surface area contributed by atoms with E-state index in [9.17, 15) is 19.2 Å². The van der Waals surface area contributed by atoms with Crippen molar-refractivity contribution in [3.63, 3.8) is 0 Å². The molecule has 226 valence electrons. The van der Waals surface area contributed by atoms with E-state index >= 15 is 0 Å². The lowest BCUT2D eigenvalue weighted by atomic mass is 9.96. The summed E-state index contributed by atoms with van der Waals surface area (Å²) in [7, 11) is 9.26. The summed E-state index contributed by atoms with van der Waals surface area (Å²) in [5.41, 5.74) is -1.30. The van der Waals surface area contributed by atoms with Gasteiger partial charge in [-0.1, -0.05) is 0 Å². The molecule has 15 heteroatoms. The van der Waals surface area contributed by atoms with Crippen molar-refractivity contribution < 1.29 is 49.1 Å². The summed E-state index contributed by atoms with van der Waals surface area (Å²) in [5.74, 6) is -4.51. The van der Waals surface area contributed by atoms with Gasteiger partial charge in [-0.25, -0.2) is 9.78 Å². The second-order valence-electron chi connectivity index (χ2n) is 9.86. The molecule has 1 aliphatic heterocycles. The highest BCUT2D eigenvalue weighted by molar-refractivity contribution is 5.88. The number of nitrogens with zero attached hydrogens (tertiary/aromatic N) is 5. The lowest BCUT2D eigenvalue weighted by Gasteiger charge is -2.38. The van der Waals surface area contributed by atoms with Crippen LogP contribution in [-0.4, -0.2) is 142 Å². The van der Waals surface area contributed by atoms with Gasteiger partial charge in [-0.2, -0.15) is 4.98 Å². The fourth-order valence-corrected chi connectivity index (χ4v) is 4.10. The molecule has 2 rings (SSSR count). The molecule has 0 saturated carbocycles. The molecule has 15 nitrogen and oxygen atoms in total. The zero-order valence-electron chi connectivity index (χ0n) is 23.9. The van der Waals surface area contributed by atoms with Gasteiger partial charge in [0.25, 0.3) is 0 Å². The summed E-state index contributed by atoms with van der Waals surface area (Å²) < 4.78 is 10.5. The van der Waals surface area contributed by atoms with Crippen LogP contribution in [0.15, 0.2) is 0 Å². The van der Waals surface area contributed by atoms with Gasteiger partial charge in [0.15, 0.2) is 5.60 Å². The van der Waals surface area contributed by atoms with Gasteiger partial charge in [0.05, 0.1) is 39.2 Å². The minimum Gasteiger partial charge on any atom is -0.481 e. The zero-order chi connectivity index (χ0) is 30.6. The number of hydrogen-bond donors (Lipinski definition) is 4. The molecule has 2 heterocycles. The Morgan fingerprint density at radius 2 is 1.52 bits per heavy atom. The average Bonchev–Trinajstić information content (AvgIpc) is 2.85. The van der Waals surface area contributed by atoms with E-state index in [1.807, 2.05) is 25.9 Å². The number of methoxy groups -OCH3 is 2. The van der Waals surface area contributed by atoms with E-state index in [1.165, 1.54) is 7.11 Å². The Kier molecular flexibility index (Phi) is 13.7. The molecule has 1 aromatic rings. The fraction of sp³-hybridized carbons (Fsp3) is 0.680. The molecule has 0 bridgehead atoms. The van der Waals surface area contributed by atoms with Crippen LogP contribution in [0.5, 0.6) is 11.9 Å². The van der Waals surface area contributed by atoms with Crippen molar-refractivity contribution in [2.24, 2.45) is 0 Å². The molecule has 0 unspecified atom stereocenters. The van der Waals surface area contributed by atoms with E-state index in [0.717, 1.165) is 44.6 Å². The number of carboxylic acid groups (broad SMARTS) is 3. The van der Waals surface area contributed by atoms with E-state index in [2.05, 4.69) is 26.8 Å². The molecular formula is C25H41N5O10. The number of carboxylic acids is 3. The van der Waals surface area contributed by atoms with E-state index in [4.69, 9.17) is 29.9 Å². The van der Waals surface area contributed by atoms with E-state index < -0.39 is 36.4 Å². The number of rotatable bonds is 13. The molecule has 0 aromatic carbocycles. The van der Waals surface area contributed by atoms with Gasteiger partial charge in [0.1, 0.15) is 0 Å². The number of carbonyl (C=O) groups is 4. The number of aromatic nitrogens is 2. The average molecular weight is 572 g/mol. The third-order valence-electron chi connectivity index (χ3n) is 6.38. The minimum absolute atomic E-state index is 0.0987. The summed E-state index contributed by atoms with van der Waals surface area (Å²) >= 11 is 0. The summed E-state index contributed by atoms with van der Waals surface area (Å²) in [6, 6.07) is 0.527. The highest BCUT2D eigenvalue weighted by atomic mass is 16.5. The number of aliphatic carboxylic acids is 3. The Morgan fingerprint density at radius 3 is 1.95 bits per heavy atom. The maximum Gasteiger partial charge on any atom is 0.336 e. The van der Waals surface area contributed by atoms with Crippen LogP contribution in [0.25, 0.3) is 0 Å². The van der Waals surface area contributed by atoms with Gasteiger partial charge >= 0.3 is 23.9 Å². The van der Waals surface area contributed by atoms with Gasteiger partial charge in [0.2, 0.25) is 11.8 Å². The zero-order valence-corrected chi connectivity index (χ0v) is 23.9. The monoisotopic (exact) mass is 571 g/mol. The van der Waals surface area contributed by atoms with E-state index in [-0.39, 0.29) is 24.4 Å². The number of ether oxygens (including phenoxy) is 2. The van der Waals surface area contributed by atoms with Gasteiger partial charge < -0.3 is 44.6 Å². The van der Waals surface area contributed by atoms with Crippen molar-refractivity contribution >= 4 is 23.8 Å². The predicted octanol–water partition coefficient (Wildman–Crippen LogP) is -0.419.